The van der Waals surface area contributed by atoms with Crippen LogP contribution >= 0.6 is 0 Å². The van der Waals surface area contributed by atoms with Crippen LogP contribution in [0.1, 0.15) is 16.7 Å². The van der Waals surface area contributed by atoms with E-state index < -0.39 is 11.6 Å². The Morgan fingerprint density at radius 1 is 0.373 bits per heavy atom. The number of rotatable bonds is 33. The number of aliphatic carboxylic acids is 1. The Kier molecular flexibility index (Phi) is 23.4. The maximum absolute atomic E-state index is 10.3. The molecule has 0 aliphatic rings. The number of hydrogen-bond acceptors (Lipinski definition) is 11. The van der Waals surface area contributed by atoms with Crippen LogP contribution in [0.2, 0.25) is 0 Å². The van der Waals surface area contributed by atoms with E-state index in [1.165, 1.54) is 0 Å². The van der Waals surface area contributed by atoms with Crippen molar-refractivity contribution in [3.05, 3.63) is 108 Å². The Bertz CT molecular complexity index is 1140. The summed E-state index contributed by atoms with van der Waals surface area (Å²) >= 11 is 0. The molecule has 3 aromatic rings. The van der Waals surface area contributed by atoms with Crippen molar-refractivity contribution in [1.29, 1.82) is 0 Å². The van der Waals surface area contributed by atoms with Gasteiger partial charge in [0.25, 0.3) is 0 Å². The first-order valence-corrected chi connectivity index (χ1v) is 17.5. The molecule has 0 atom stereocenters. The molecule has 12 heteroatoms. The molecule has 0 amide bonds. The molecule has 0 unspecified atom stereocenters. The van der Waals surface area contributed by atoms with Gasteiger partial charge in [0.05, 0.1) is 119 Å². The monoisotopic (exact) mass is 714 g/mol. The van der Waals surface area contributed by atoms with Crippen molar-refractivity contribution >= 4 is 5.97 Å². The molecule has 0 saturated carbocycles. The normalized spacial score (nSPS) is 11.6. The van der Waals surface area contributed by atoms with Crippen molar-refractivity contribution in [3.8, 4) is 0 Å². The van der Waals surface area contributed by atoms with Gasteiger partial charge in [0.1, 0.15) is 12.2 Å². The Morgan fingerprint density at radius 3 is 0.863 bits per heavy atom. The lowest BCUT2D eigenvalue weighted by molar-refractivity contribution is -0.142. The van der Waals surface area contributed by atoms with Crippen molar-refractivity contribution in [1.82, 2.24) is 0 Å². The first-order chi connectivity index (χ1) is 25.2. The molecular formula is C39H54O12. The smallest absolute Gasteiger partial charge is 0.329 e. The van der Waals surface area contributed by atoms with E-state index in [2.05, 4.69) is 36.4 Å². The molecule has 0 spiro atoms. The second kappa shape index (κ2) is 28.3. The molecule has 0 aliphatic carbocycles. The van der Waals surface area contributed by atoms with Crippen molar-refractivity contribution in [3.63, 3.8) is 0 Å². The molecule has 0 heterocycles. The molecule has 0 saturated heterocycles. The fourth-order valence-corrected chi connectivity index (χ4v) is 4.94. The van der Waals surface area contributed by atoms with E-state index in [4.69, 9.17) is 52.5 Å². The molecular weight excluding hydrogens is 660 g/mol. The molecule has 12 nitrogen and oxygen atoms in total. The van der Waals surface area contributed by atoms with Gasteiger partial charge in [-0.15, -0.1) is 0 Å². The summed E-state index contributed by atoms with van der Waals surface area (Å²) in [5.41, 5.74) is 2.43. The summed E-state index contributed by atoms with van der Waals surface area (Å²) in [6, 6.07) is 30.9. The van der Waals surface area contributed by atoms with E-state index in [9.17, 15) is 4.79 Å². The summed E-state index contributed by atoms with van der Waals surface area (Å²) in [5, 5.41) is 8.45. The highest BCUT2D eigenvalue weighted by atomic mass is 16.6. The average molecular weight is 715 g/mol. The maximum Gasteiger partial charge on any atom is 0.329 e. The van der Waals surface area contributed by atoms with Gasteiger partial charge in [-0.25, -0.2) is 4.79 Å². The van der Waals surface area contributed by atoms with Crippen molar-refractivity contribution in [2.24, 2.45) is 0 Å². The number of benzene rings is 3. The van der Waals surface area contributed by atoms with E-state index in [0.717, 1.165) is 16.7 Å². The molecule has 0 radical (unpaired) electrons. The second-order valence-electron chi connectivity index (χ2n) is 11.0. The van der Waals surface area contributed by atoms with Gasteiger partial charge in [-0.1, -0.05) is 91.0 Å². The van der Waals surface area contributed by atoms with Gasteiger partial charge in [0.15, 0.2) is 0 Å². The standard InChI is InChI=1S/C39H54O12/c40-38(41)34-50-31-30-48-27-26-46-23-22-44-19-18-42-16-17-43-20-21-45-24-25-47-28-29-49-32-33-51-39(35-10-4-1-5-11-35,36-12-6-2-7-13-36)37-14-8-3-9-15-37/h1-15H,16-34H2,(H,40,41). The van der Waals surface area contributed by atoms with E-state index in [-0.39, 0.29) is 13.2 Å². The van der Waals surface area contributed by atoms with Crippen LogP contribution in [-0.4, -0.2) is 137 Å². The van der Waals surface area contributed by atoms with Crippen LogP contribution in [0.15, 0.2) is 91.0 Å². The second-order valence-corrected chi connectivity index (χ2v) is 11.0. The average Bonchev–Trinajstić information content (AvgIpc) is 3.16. The highest BCUT2D eigenvalue weighted by molar-refractivity contribution is 5.67. The first-order valence-electron chi connectivity index (χ1n) is 17.5. The topological polar surface area (TPSA) is 130 Å². The van der Waals surface area contributed by atoms with Crippen LogP contribution in [0.4, 0.5) is 0 Å². The number of ether oxygens (including phenoxy) is 10. The predicted molar refractivity (Wildman–Crippen MR) is 190 cm³/mol. The minimum atomic E-state index is -0.996. The van der Waals surface area contributed by atoms with E-state index in [1.807, 2.05) is 54.6 Å². The first kappa shape index (κ1) is 42.1. The van der Waals surface area contributed by atoms with Gasteiger partial charge in [0, 0.05) is 0 Å². The lowest BCUT2D eigenvalue weighted by Gasteiger charge is -2.36. The highest BCUT2D eigenvalue weighted by Gasteiger charge is 2.37. The lowest BCUT2D eigenvalue weighted by atomic mass is 9.80. The number of carboxylic acids is 1. The SMILES string of the molecule is O=C(O)COCCOCCOCCOCCOCCOCCOCCOCCOCCOC(c1ccccc1)(c1ccccc1)c1ccccc1. The van der Waals surface area contributed by atoms with Crippen molar-refractivity contribution < 1.29 is 57.3 Å². The molecule has 3 rings (SSSR count). The van der Waals surface area contributed by atoms with Crippen molar-refractivity contribution in [2.75, 3.05) is 126 Å². The van der Waals surface area contributed by atoms with E-state index in [1.54, 1.807) is 0 Å². The number of carboxylic acid groups (broad SMARTS) is 1. The third kappa shape index (κ3) is 18.2. The quantitative estimate of drug-likeness (QED) is 0.0716. The van der Waals surface area contributed by atoms with Crippen LogP contribution < -0.4 is 0 Å². The summed E-state index contributed by atoms with van der Waals surface area (Å²) in [7, 11) is 0. The van der Waals surface area contributed by atoms with Crippen LogP contribution in [0.25, 0.3) is 0 Å². The number of carbonyl (C=O) groups is 1. The third-order valence-corrected chi connectivity index (χ3v) is 7.29. The van der Waals surface area contributed by atoms with E-state index >= 15 is 0 Å². The summed E-state index contributed by atoms with van der Waals surface area (Å²) in [6.45, 7) is 7.62. The van der Waals surface area contributed by atoms with E-state index in [0.29, 0.717) is 112 Å². The largest absolute Gasteiger partial charge is 0.480 e. The molecule has 1 N–H and O–H groups in total. The molecule has 0 aromatic heterocycles. The molecule has 0 bridgehead atoms. The fourth-order valence-electron chi connectivity index (χ4n) is 4.94. The van der Waals surface area contributed by atoms with Gasteiger partial charge in [-0.05, 0) is 16.7 Å². The zero-order valence-corrected chi connectivity index (χ0v) is 29.5. The summed E-state index contributed by atoms with van der Waals surface area (Å²) in [5.74, 6) is -0.996. The molecule has 51 heavy (non-hydrogen) atoms. The van der Waals surface area contributed by atoms with Gasteiger partial charge in [0.2, 0.25) is 0 Å². The maximum atomic E-state index is 10.3. The summed E-state index contributed by atoms with van der Waals surface area (Å²) < 4.78 is 55.7. The zero-order chi connectivity index (χ0) is 35.9. The van der Waals surface area contributed by atoms with Crippen molar-refractivity contribution in [2.45, 2.75) is 5.60 Å². The van der Waals surface area contributed by atoms with Crippen LogP contribution in [0.3, 0.4) is 0 Å². The fraction of sp³-hybridized carbons (Fsp3) is 0.513. The molecule has 282 valence electrons. The van der Waals surface area contributed by atoms with Crippen LogP contribution in [-0.2, 0) is 57.8 Å². The third-order valence-electron chi connectivity index (χ3n) is 7.29. The van der Waals surface area contributed by atoms with Gasteiger partial charge < -0.3 is 52.5 Å². The zero-order valence-electron chi connectivity index (χ0n) is 29.5. The lowest BCUT2D eigenvalue weighted by Crippen LogP contribution is -2.34. The molecule has 0 fully saturated rings. The Hall–Kier alpha value is -3.27. The van der Waals surface area contributed by atoms with Crippen LogP contribution in [0, 0.1) is 0 Å². The Morgan fingerprint density at radius 2 is 0.608 bits per heavy atom. The Labute approximate surface area is 301 Å². The van der Waals surface area contributed by atoms with Gasteiger partial charge >= 0.3 is 5.97 Å². The summed E-state index contributed by atoms with van der Waals surface area (Å²) in [6.07, 6.45) is 0. The number of hydrogen-bond donors (Lipinski definition) is 1. The molecule has 0 aliphatic heterocycles. The Balaban J connectivity index is 1.10. The minimum absolute atomic E-state index is 0.239. The van der Waals surface area contributed by atoms with Gasteiger partial charge in [-0.3, -0.25) is 0 Å². The van der Waals surface area contributed by atoms with Gasteiger partial charge in [-0.2, -0.15) is 0 Å². The summed E-state index contributed by atoms with van der Waals surface area (Å²) in [4.78, 5) is 10.3. The predicted octanol–water partition coefficient (Wildman–Crippen LogP) is 4.23. The minimum Gasteiger partial charge on any atom is -0.480 e. The van der Waals surface area contributed by atoms with Crippen LogP contribution in [0.5, 0.6) is 0 Å². The highest BCUT2D eigenvalue weighted by Crippen LogP contribution is 2.40. The molecule has 3 aromatic carbocycles.